The summed E-state index contributed by atoms with van der Waals surface area (Å²) in [7, 11) is 0. The normalized spacial score (nSPS) is 27.9. The number of β-lactam (4-membered cyclic amide) rings is 1. The van der Waals surface area contributed by atoms with E-state index in [-0.39, 0.29) is 12.7 Å². The van der Waals surface area contributed by atoms with Crippen LogP contribution < -0.4 is 10.1 Å². The number of rotatable bonds is 7. The maximum atomic E-state index is 13.0. The van der Waals surface area contributed by atoms with Gasteiger partial charge in [0.15, 0.2) is 6.61 Å². The SMILES string of the molecule is CC(C)O[C@]1(NC(=O)COc2ccccc2)C(=O)N2[C@@H](C(=O)O)C(C)(C)S[C@@H]21. The smallest absolute Gasteiger partial charge is 0.327 e. The van der Waals surface area contributed by atoms with Crippen LogP contribution in [-0.4, -0.2) is 62.4 Å². The molecule has 2 saturated heterocycles. The van der Waals surface area contributed by atoms with E-state index < -0.39 is 39.7 Å². The van der Waals surface area contributed by atoms with Gasteiger partial charge in [-0.2, -0.15) is 0 Å². The van der Waals surface area contributed by atoms with Gasteiger partial charge >= 0.3 is 5.97 Å². The summed E-state index contributed by atoms with van der Waals surface area (Å²) in [5, 5.41) is 11.6. The number of nitrogens with one attached hydrogen (secondary N) is 1. The van der Waals surface area contributed by atoms with E-state index in [0.717, 1.165) is 0 Å². The van der Waals surface area contributed by atoms with Gasteiger partial charge in [0.05, 0.1) is 6.10 Å². The van der Waals surface area contributed by atoms with Crippen LogP contribution in [0.2, 0.25) is 0 Å². The van der Waals surface area contributed by atoms with E-state index in [1.807, 2.05) is 6.07 Å². The lowest BCUT2D eigenvalue weighted by Crippen LogP contribution is -2.81. The van der Waals surface area contributed by atoms with Crippen LogP contribution in [0, 0.1) is 0 Å². The number of aliphatic carboxylic acids is 1. The third kappa shape index (κ3) is 3.44. The van der Waals surface area contributed by atoms with E-state index in [1.54, 1.807) is 52.0 Å². The number of para-hydroxylation sites is 1. The van der Waals surface area contributed by atoms with E-state index in [9.17, 15) is 19.5 Å². The molecule has 2 aliphatic heterocycles. The Morgan fingerprint density at radius 2 is 1.93 bits per heavy atom. The van der Waals surface area contributed by atoms with E-state index in [2.05, 4.69) is 5.32 Å². The first-order valence-corrected chi connectivity index (χ1v) is 9.86. The Balaban J connectivity index is 1.78. The molecule has 0 aliphatic carbocycles. The molecule has 9 heteroatoms. The molecule has 0 radical (unpaired) electrons. The minimum absolute atomic E-state index is 0.288. The number of fused-ring (bicyclic) bond motifs is 1. The summed E-state index contributed by atoms with van der Waals surface area (Å²) in [6.45, 7) is 6.75. The molecule has 0 spiro atoms. The van der Waals surface area contributed by atoms with Crippen molar-refractivity contribution in [1.29, 1.82) is 0 Å². The van der Waals surface area contributed by atoms with Crippen molar-refractivity contribution in [3.63, 3.8) is 0 Å². The van der Waals surface area contributed by atoms with Crippen molar-refractivity contribution >= 4 is 29.5 Å². The minimum Gasteiger partial charge on any atom is -0.484 e. The summed E-state index contributed by atoms with van der Waals surface area (Å²) in [6.07, 6.45) is -0.353. The van der Waals surface area contributed by atoms with Gasteiger partial charge in [0.1, 0.15) is 17.2 Å². The van der Waals surface area contributed by atoms with Crippen LogP contribution in [0.25, 0.3) is 0 Å². The molecule has 0 aromatic heterocycles. The van der Waals surface area contributed by atoms with Gasteiger partial charge < -0.3 is 24.8 Å². The fourth-order valence-corrected chi connectivity index (χ4v) is 5.19. The molecule has 2 heterocycles. The number of carbonyl (C=O) groups excluding carboxylic acids is 2. The Morgan fingerprint density at radius 1 is 1.29 bits per heavy atom. The zero-order valence-corrected chi connectivity index (χ0v) is 17.0. The summed E-state index contributed by atoms with van der Waals surface area (Å²) in [5.74, 6) is -1.62. The van der Waals surface area contributed by atoms with Crippen LogP contribution in [0.5, 0.6) is 5.75 Å². The molecule has 1 aromatic carbocycles. The molecular formula is C19H24N2O6S. The molecule has 0 unspecified atom stereocenters. The molecule has 152 valence electrons. The number of ether oxygens (including phenoxy) is 2. The molecular weight excluding hydrogens is 384 g/mol. The predicted molar refractivity (Wildman–Crippen MR) is 103 cm³/mol. The second-order valence-electron chi connectivity index (χ2n) is 7.58. The van der Waals surface area contributed by atoms with E-state index in [0.29, 0.717) is 5.75 Å². The highest BCUT2D eigenvalue weighted by Gasteiger charge is 2.73. The van der Waals surface area contributed by atoms with Gasteiger partial charge in [-0.3, -0.25) is 9.59 Å². The van der Waals surface area contributed by atoms with Crippen molar-refractivity contribution in [1.82, 2.24) is 10.2 Å². The summed E-state index contributed by atoms with van der Waals surface area (Å²) < 4.78 is 10.6. The van der Waals surface area contributed by atoms with Crippen molar-refractivity contribution in [2.75, 3.05) is 6.61 Å². The molecule has 2 amide bonds. The average molecular weight is 408 g/mol. The number of hydrogen-bond acceptors (Lipinski definition) is 6. The first-order chi connectivity index (χ1) is 13.1. The highest BCUT2D eigenvalue weighted by molar-refractivity contribution is 8.01. The minimum atomic E-state index is -1.60. The van der Waals surface area contributed by atoms with E-state index in [1.165, 1.54) is 16.7 Å². The second kappa shape index (κ2) is 7.29. The molecule has 8 nitrogen and oxygen atoms in total. The highest BCUT2D eigenvalue weighted by Crippen LogP contribution is 2.55. The standard InChI is InChI=1S/C19H24N2O6S/c1-11(2)27-19(20-13(22)10-26-12-8-6-5-7-9-12)16(25)21-14(15(23)24)18(3,4)28-17(19)21/h5-9,11,14,17H,10H2,1-4H3,(H,20,22)(H,23,24)/t14-,17+,19+/m0/s1. The van der Waals surface area contributed by atoms with Gasteiger partial charge in [0.25, 0.3) is 17.5 Å². The van der Waals surface area contributed by atoms with Crippen LogP contribution in [-0.2, 0) is 19.1 Å². The molecule has 3 atom stereocenters. The first-order valence-electron chi connectivity index (χ1n) is 8.98. The molecule has 2 fully saturated rings. The Kier molecular flexibility index (Phi) is 5.33. The van der Waals surface area contributed by atoms with Crippen molar-refractivity contribution in [3.05, 3.63) is 30.3 Å². The van der Waals surface area contributed by atoms with Crippen molar-refractivity contribution < 1.29 is 29.0 Å². The molecule has 0 saturated carbocycles. The highest BCUT2D eigenvalue weighted by atomic mass is 32.2. The van der Waals surface area contributed by atoms with Crippen LogP contribution in [0.4, 0.5) is 0 Å². The third-order valence-corrected chi connectivity index (χ3v) is 6.21. The number of nitrogens with zero attached hydrogens (tertiary/aromatic N) is 1. The lowest BCUT2D eigenvalue weighted by molar-refractivity contribution is -0.214. The van der Waals surface area contributed by atoms with Crippen LogP contribution in [0.3, 0.4) is 0 Å². The van der Waals surface area contributed by atoms with Crippen molar-refractivity contribution in [3.8, 4) is 5.75 Å². The van der Waals surface area contributed by atoms with Crippen molar-refractivity contribution in [2.45, 2.75) is 55.7 Å². The van der Waals surface area contributed by atoms with Gasteiger partial charge in [-0.1, -0.05) is 18.2 Å². The van der Waals surface area contributed by atoms with E-state index in [4.69, 9.17) is 9.47 Å². The second-order valence-corrected chi connectivity index (χ2v) is 9.31. The Morgan fingerprint density at radius 3 is 2.50 bits per heavy atom. The van der Waals surface area contributed by atoms with Crippen LogP contribution in [0.1, 0.15) is 27.7 Å². The van der Waals surface area contributed by atoms with Crippen molar-refractivity contribution in [2.24, 2.45) is 0 Å². The first kappa shape index (κ1) is 20.5. The van der Waals surface area contributed by atoms with Gasteiger partial charge in [0, 0.05) is 4.75 Å². The fourth-order valence-electron chi connectivity index (χ4n) is 3.56. The van der Waals surface area contributed by atoms with E-state index >= 15 is 0 Å². The van der Waals surface area contributed by atoms with Gasteiger partial charge in [-0.15, -0.1) is 11.8 Å². The fraction of sp³-hybridized carbons (Fsp3) is 0.526. The molecule has 0 bridgehead atoms. The average Bonchev–Trinajstić information content (AvgIpc) is 2.89. The number of benzene rings is 1. The zero-order chi connectivity index (χ0) is 20.7. The number of carboxylic acid groups (broad SMARTS) is 1. The molecule has 2 N–H and O–H groups in total. The molecule has 3 rings (SSSR count). The monoisotopic (exact) mass is 408 g/mol. The van der Waals surface area contributed by atoms with Crippen LogP contribution >= 0.6 is 11.8 Å². The lowest BCUT2D eigenvalue weighted by Gasteiger charge is -2.52. The maximum Gasteiger partial charge on any atom is 0.327 e. The number of hydrogen-bond donors (Lipinski definition) is 2. The van der Waals surface area contributed by atoms with Gasteiger partial charge in [0.2, 0.25) is 0 Å². The Labute approximate surface area is 167 Å². The Hall–Kier alpha value is -2.26. The quantitative estimate of drug-likeness (QED) is 0.520. The number of amides is 2. The topological polar surface area (TPSA) is 105 Å². The van der Waals surface area contributed by atoms with Gasteiger partial charge in [-0.25, -0.2) is 4.79 Å². The number of carbonyl (C=O) groups is 3. The van der Waals surface area contributed by atoms with Gasteiger partial charge in [-0.05, 0) is 39.8 Å². The molecule has 2 aliphatic rings. The summed E-state index contributed by atoms with van der Waals surface area (Å²) in [4.78, 5) is 38.5. The summed E-state index contributed by atoms with van der Waals surface area (Å²) in [6, 6.07) is 7.85. The number of carboxylic acids is 1. The molecule has 28 heavy (non-hydrogen) atoms. The molecule has 1 aromatic rings. The van der Waals surface area contributed by atoms with Crippen LogP contribution in [0.15, 0.2) is 30.3 Å². The lowest BCUT2D eigenvalue weighted by atomic mass is 9.93. The largest absolute Gasteiger partial charge is 0.484 e. The summed E-state index contributed by atoms with van der Waals surface area (Å²) >= 11 is 1.31. The Bertz CT molecular complexity index is 784. The third-order valence-electron chi connectivity index (χ3n) is 4.60. The summed E-state index contributed by atoms with van der Waals surface area (Å²) in [5.41, 5.74) is -1.60. The number of thioether (sulfide) groups is 1. The zero-order valence-electron chi connectivity index (χ0n) is 16.2. The maximum absolute atomic E-state index is 13.0. The predicted octanol–water partition coefficient (Wildman–Crippen LogP) is 1.45.